The molecule has 1 unspecified atom stereocenters. The van der Waals surface area contributed by atoms with E-state index in [1.165, 1.54) is 11.1 Å². The first kappa shape index (κ1) is 19.3. The van der Waals surface area contributed by atoms with Crippen LogP contribution in [0.2, 0.25) is 0 Å². The van der Waals surface area contributed by atoms with Crippen molar-refractivity contribution in [3.8, 4) is 5.75 Å². The fourth-order valence-corrected chi connectivity index (χ4v) is 3.47. The number of para-hydroxylation sites is 1. The van der Waals surface area contributed by atoms with Gasteiger partial charge in [-0.25, -0.2) is 4.79 Å². The van der Waals surface area contributed by atoms with Crippen molar-refractivity contribution in [1.82, 2.24) is 5.32 Å². The van der Waals surface area contributed by atoms with E-state index < -0.39 is 0 Å². The maximum Gasteiger partial charge on any atom is 0.322 e. The Bertz CT molecular complexity index is 778. The van der Waals surface area contributed by atoms with Crippen molar-refractivity contribution in [2.45, 2.75) is 52.0 Å². The number of anilines is 1. The summed E-state index contributed by atoms with van der Waals surface area (Å²) in [5.41, 5.74) is 3.70. The summed E-state index contributed by atoms with van der Waals surface area (Å²) in [7, 11) is 0. The number of rotatable bonds is 5. The summed E-state index contributed by atoms with van der Waals surface area (Å²) < 4.78 is 5.79. The fourth-order valence-electron chi connectivity index (χ4n) is 3.47. The van der Waals surface area contributed by atoms with Crippen LogP contribution in [-0.2, 0) is 11.8 Å². The van der Waals surface area contributed by atoms with E-state index in [9.17, 15) is 4.79 Å². The molecule has 2 amide bonds. The van der Waals surface area contributed by atoms with E-state index in [1.807, 2.05) is 35.2 Å². The minimum atomic E-state index is -0.0259. The Morgan fingerprint density at radius 1 is 1.15 bits per heavy atom. The second kappa shape index (κ2) is 8.03. The monoisotopic (exact) mass is 366 g/mol. The molecule has 144 valence electrons. The molecule has 0 spiro atoms. The summed E-state index contributed by atoms with van der Waals surface area (Å²) in [5, 5.41) is 3.02. The van der Waals surface area contributed by atoms with Crippen molar-refractivity contribution in [2.24, 2.45) is 0 Å². The molecule has 1 aliphatic rings. The predicted octanol–water partition coefficient (Wildman–Crippen LogP) is 4.91. The highest BCUT2D eigenvalue weighted by Gasteiger charge is 2.30. The standard InChI is InChI=1S/C23H30N2O2/c1-17-16-18-8-5-6-9-21(18)25(17)22(26)24-14-7-15-27-20-12-10-19(11-13-20)23(2,3)4/h5-6,8-13,17H,7,14-16H2,1-4H3,(H,24,26). The first-order valence-corrected chi connectivity index (χ1v) is 9.74. The quantitative estimate of drug-likeness (QED) is 0.764. The van der Waals surface area contributed by atoms with E-state index >= 15 is 0 Å². The van der Waals surface area contributed by atoms with Gasteiger partial charge in [0.05, 0.1) is 6.61 Å². The molecule has 0 saturated carbocycles. The van der Waals surface area contributed by atoms with Crippen LogP contribution in [0, 0.1) is 0 Å². The number of nitrogens with zero attached hydrogens (tertiary/aromatic N) is 1. The molecule has 2 aromatic carbocycles. The number of hydrogen-bond acceptors (Lipinski definition) is 2. The van der Waals surface area contributed by atoms with Crippen LogP contribution in [-0.4, -0.2) is 25.2 Å². The number of ether oxygens (including phenoxy) is 1. The van der Waals surface area contributed by atoms with Crippen molar-refractivity contribution < 1.29 is 9.53 Å². The van der Waals surface area contributed by atoms with E-state index in [4.69, 9.17) is 4.74 Å². The third-order valence-corrected chi connectivity index (χ3v) is 5.01. The van der Waals surface area contributed by atoms with Gasteiger partial charge in [-0.1, -0.05) is 51.1 Å². The van der Waals surface area contributed by atoms with Gasteiger partial charge in [0.15, 0.2) is 0 Å². The molecule has 0 aromatic heterocycles. The molecule has 0 radical (unpaired) electrons. The van der Waals surface area contributed by atoms with Crippen molar-refractivity contribution >= 4 is 11.7 Å². The maximum atomic E-state index is 12.6. The lowest BCUT2D eigenvalue weighted by molar-refractivity contribution is 0.243. The van der Waals surface area contributed by atoms with E-state index in [0.29, 0.717) is 13.2 Å². The molecule has 0 saturated heterocycles. The molecule has 3 rings (SSSR count). The van der Waals surface area contributed by atoms with Gasteiger partial charge in [0.1, 0.15) is 5.75 Å². The molecular formula is C23H30N2O2. The zero-order valence-corrected chi connectivity index (χ0v) is 16.8. The largest absolute Gasteiger partial charge is 0.494 e. The van der Waals surface area contributed by atoms with E-state index in [0.717, 1.165) is 24.3 Å². The van der Waals surface area contributed by atoms with E-state index in [-0.39, 0.29) is 17.5 Å². The van der Waals surface area contributed by atoms with Crippen molar-refractivity contribution in [1.29, 1.82) is 0 Å². The summed E-state index contributed by atoms with van der Waals surface area (Å²) in [6.07, 6.45) is 1.69. The number of hydrogen-bond donors (Lipinski definition) is 1. The highest BCUT2D eigenvalue weighted by molar-refractivity contribution is 5.94. The number of amides is 2. The highest BCUT2D eigenvalue weighted by Crippen LogP contribution is 2.31. The lowest BCUT2D eigenvalue weighted by Crippen LogP contribution is -2.43. The molecule has 1 atom stereocenters. The van der Waals surface area contributed by atoms with Gasteiger partial charge in [-0.2, -0.15) is 0 Å². The molecule has 0 fully saturated rings. The topological polar surface area (TPSA) is 41.6 Å². The number of nitrogens with one attached hydrogen (secondary N) is 1. The molecule has 1 aliphatic heterocycles. The molecular weight excluding hydrogens is 336 g/mol. The van der Waals surface area contributed by atoms with Gasteiger partial charge >= 0.3 is 6.03 Å². The smallest absolute Gasteiger partial charge is 0.322 e. The SMILES string of the molecule is CC1Cc2ccccc2N1C(=O)NCCCOc1ccc(C(C)(C)C)cc1. The Balaban J connectivity index is 1.42. The molecule has 4 heteroatoms. The van der Waals surface area contributed by atoms with Crippen LogP contribution in [0.25, 0.3) is 0 Å². The van der Waals surface area contributed by atoms with Gasteiger partial charge in [-0.15, -0.1) is 0 Å². The molecule has 2 aromatic rings. The third kappa shape index (κ3) is 4.62. The van der Waals surface area contributed by atoms with Gasteiger partial charge in [0, 0.05) is 18.3 Å². The lowest BCUT2D eigenvalue weighted by Gasteiger charge is -2.23. The molecule has 0 bridgehead atoms. The first-order chi connectivity index (χ1) is 12.9. The second-order valence-corrected chi connectivity index (χ2v) is 8.26. The van der Waals surface area contributed by atoms with Crippen LogP contribution in [0.5, 0.6) is 5.75 Å². The number of urea groups is 1. The Kier molecular flexibility index (Phi) is 5.73. The number of fused-ring (bicyclic) bond motifs is 1. The molecule has 0 aliphatic carbocycles. The summed E-state index contributed by atoms with van der Waals surface area (Å²) in [5.74, 6) is 0.872. The van der Waals surface area contributed by atoms with Gasteiger partial charge in [0.25, 0.3) is 0 Å². The summed E-state index contributed by atoms with van der Waals surface area (Å²) in [4.78, 5) is 14.4. The van der Waals surface area contributed by atoms with Crippen LogP contribution in [0.15, 0.2) is 48.5 Å². The zero-order valence-electron chi connectivity index (χ0n) is 16.8. The van der Waals surface area contributed by atoms with Crippen LogP contribution in [0.3, 0.4) is 0 Å². The van der Waals surface area contributed by atoms with Crippen molar-refractivity contribution in [2.75, 3.05) is 18.1 Å². The Morgan fingerprint density at radius 2 is 1.85 bits per heavy atom. The fraction of sp³-hybridized carbons (Fsp3) is 0.435. The molecule has 1 N–H and O–H groups in total. The van der Waals surface area contributed by atoms with Crippen LogP contribution in [0.4, 0.5) is 10.5 Å². The summed E-state index contributed by atoms with van der Waals surface area (Å²) >= 11 is 0. The lowest BCUT2D eigenvalue weighted by atomic mass is 9.87. The van der Waals surface area contributed by atoms with Gasteiger partial charge < -0.3 is 10.1 Å². The van der Waals surface area contributed by atoms with Crippen LogP contribution >= 0.6 is 0 Å². The van der Waals surface area contributed by atoms with E-state index in [2.05, 4.69) is 51.2 Å². The highest BCUT2D eigenvalue weighted by atomic mass is 16.5. The summed E-state index contributed by atoms with van der Waals surface area (Å²) in [6, 6.07) is 16.5. The Morgan fingerprint density at radius 3 is 2.56 bits per heavy atom. The average Bonchev–Trinajstić information content (AvgIpc) is 2.96. The van der Waals surface area contributed by atoms with Gasteiger partial charge in [-0.3, -0.25) is 4.90 Å². The zero-order chi connectivity index (χ0) is 19.4. The minimum absolute atomic E-state index is 0.0259. The number of carbonyl (C=O) groups is 1. The maximum absolute atomic E-state index is 12.6. The summed E-state index contributed by atoms with van der Waals surface area (Å²) in [6.45, 7) is 9.87. The van der Waals surface area contributed by atoms with Crippen LogP contribution < -0.4 is 15.0 Å². The van der Waals surface area contributed by atoms with Gasteiger partial charge in [-0.05, 0) is 54.5 Å². The normalized spacial score (nSPS) is 16.1. The van der Waals surface area contributed by atoms with Gasteiger partial charge in [0.2, 0.25) is 0 Å². The minimum Gasteiger partial charge on any atom is -0.494 e. The average molecular weight is 367 g/mol. The number of benzene rings is 2. The molecule has 1 heterocycles. The first-order valence-electron chi connectivity index (χ1n) is 9.74. The van der Waals surface area contributed by atoms with Crippen LogP contribution in [0.1, 0.15) is 45.2 Å². The second-order valence-electron chi connectivity index (χ2n) is 8.26. The third-order valence-electron chi connectivity index (χ3n) is 5.01. The number of carbonyl (C=O) groups excluding carboxylic acids is 1. The molecule has 4 nitrogen and oxygen atoms in total. The Labute approximate surface area is 162 Å². The van der Waals surface area contributed by atoms with Crippen molar-refractivity contribution in [3.05, 3.63) is 59.7 Å². The predicted molar refractivity (Wildman–Crippen MR) is 111 cm³/mol. The van der Waals surface area contributed by atoms with E-state index in [1.54, 1.807) is 0 Å². The van der Waals surface area contributed by atoms with Crippen molar-refractivity contribution in [3.63, 3.8) is 0 Å². The molecule has 27 heavy (non-hydrogen) atoms. The Hall–Kier alpha value is -2.49.